The van der Waals surface area contributed by atoms with Gasteiger partial charge in [-0.05, 0) is 28.9 Å². The molecule has 74 valence electrons. The number of hydrogen-bond donors (Lipinski definition) is 0. The Labute approximate surface area is 90.9 Å². The van der Waals surface area contributed by atoms with E-state index in [0.29, 0.717) is 5.56 Å². The van der Waals surface area contributed by atoms with Crippen molar-refractivity contribution in [2.45, 2.75) is 13.0 Å². The Hall–Kier alpha value is -1.16. The molecule has 0 spiro atoms. The van der Waals surface area contributed by atoms with Crippen molar-refractivity contribution in [1.82, 2.24) is 4.98 Å². The Morgan fingerprint density at radius 1 is 1.71 bits per heavy atom. The van der Waals surface area contributed by atoms with Crippen molar-refractivity contribution in [3.05, 3.63) is 41.2 Å². The van der Waals surface area contributed by atoms with E-state index in [1.165, 1.54) is 6.20 Å². The first-order valence-corrected chi connectivity index (χ1v) is 4.87. The van der Waals surface area contributed by atoms with Gasteiger partial charge >= 0.3 is 5.97 Å². The Morgan fingerprint density at radius 2 is 2.43 bits per heavy atom. The molecule has 1 heterocycles. The standard InChI is InChI=1S/C10H10BrNO2/c1-3-7(2)14-10(13)8-4-9(11)6-12-5-8/h3-7H,1H2,2H3/t7-/m1/s1. The van der Waals surface area contributed by atoms with Crippen LogP contribution in [-0.4, -0.2) is 17.1 Å². The second kappa shape index (κ2) is 4.91. The van der Waals surface area contributed by atoms with Crippen molar-refractivity contribution < 1.29 is 9.53 Å². The molecule has 1 atom stereocenters. The monoisotopic (exact) mass is 255 g/mol. The maximum absolute atomic E-state index is 11.4. The first-order valence-electron chi connectivity index (χ1n) is 4.07. The fraction of sp³-hybridized carbons (Fsp3) is 0.200. The fourth-order valence-corrected chi connectivity index (χ4v) is 1.17. The van der Waals surface area contributed by atoms with E-state index in [9.17, 15) is 4.79 Å². The number of pyridine rings is 1. The van der Waals surface area contributed by atoms with E-state index in [4.69, 9.17) is 4.74 Å². The minimum atomic E-state index is -0.397. The van der Waals surface area contributed by atoms with Gasteiger partial charge in [-0.1, -0.05) is 12.7 Å². The van der Waals surface area contributed by atoms with Gasteiger partial charge in [-0.15, -0.1) is 0 Å². The summed E-state index contributed by atoms with van der Waals surface area (Å²) in [5.74, 6) is -0.397. The van der Waals surface area contributed by atoms with Crippen LogP contribution in [0.3, 0.4) is 0 Å². The van der Waals surface area contributed by atoms with Crippen molar-refractivity contribution in [3.63, 3.8) is 0 Å². The molecule has 0 N–H and O–H groups in total. The van der Waals surface area contributed by atoms with Crippen molar-refractivity contribution in [2.24, 2.45) is 0 Å². The minimum Gasteiger partial charge on any atom is -0.455 e. The lowest BCUT2D eigenvalue weighted by Gasteiger charge is -2.08. The van der Waals surface area contributed by atoms with Crippen LogP contribution < -0.4 is 0 Å². The molecular weight excluding hydrogens is 246 g/mol. The van der Waals surface area contributed by atoms with E-state index < -0.39 is 5.97 Å². The van der Waals surface area contributed by atoms with Crippen LogP contribution >= 0.6 is 15.9 Å². The number of esters is 1. The van der Waals surface area contributed by atoms with E-state index in [-0.39, 0.29) is 6.10 Å². The molecule has 0 bridgehead atoms. The Bertz CT molecular complexity index is 352. The van der Waals surface area contributed by atoms with Crippen LogP contribution in [0.15, 0.2) is 35.6 Å². The number of carbonyl (C=O) groups is 1. The smallest absolute Gasteiger partial charge is 0.340 e. The van der Waals surface area contributed by atoms with E-state index in [0.717, 1.165) is 4.47 Å². The highest BCUT2D eigenvalue weighted by Gasteiger charge is 2.10. The van der Waals surface area contributed by atoms with Gasteiger partial charge in [0.05, 0.1) is 5.56 Å². The molecule has 0 aliphatic rings. The molecular formula is C10H10BrNO2. The summed E-state index contributed by atoms with van der Waals surface area (Å²) in [6.07, 6.45) is 4.33. The predicted octanol–water partition coefficient (Wildman–Crippen LogP) is 2.58. The molecule has 0 unspecified atom stereocenters. The molecule has 0 radical (unpaired) electrons. The molecule has 0 saturated carbocycles. The van der Waals surface area contributed by atoms with Crippen molar-refractivity contribution in [3.8, 4) is 0 Å². The number of hydrogen-bond acceptors (Lipinski definition) is 3. The number of ether oxygens (including phenoxy) is 1. The normalized spacial score (nSPS) is 11.9. The Kier molecular flexibility index (Phi) is 3.83. The summed E-state index contributed by atoms with van der Waals surface area (Å²) in [4.78, 5) is 15.3. The molecule has 0 fully saturated rings. The van der Waals surface area contributed by atoms with Gasteiger partial charge in [0.15, 0.2) is 0 Å². The van der Waals surface area contributed by atoms with Gasteiger partial charge in [0.1, 0.15) is 6.10 Å². The van der Waals surface area contributed by atoms with Crippen molar-refractivity contribution in [2.75, 3.05) is 0 Å². The van der Waals surface area contributed by atoms with Crippen LogP contribution in [0.4, 0.5) is 0 Å². The topological polar surface area (TPSA) is 39.2 Å². The van der Waals surface area contributed by atoms with E-state index in [1.54, 1.807) is 25.3 Å². The number of aromatic nitrogens is 1. The second-order valence-corrected chi connectivity index (χ2v) is 3.65. The van der Waals surface area contributed by atoms with Gasteiger partial charge < -0.3 is 4.74 Å². The van der Waals surface area contributed by atoms with Gasteiger partial charge in [-0.3, -0.25) is 4.98 Å². The number of carbonyl (C=O) groups excluding carboxylic acids is 1. The van der Waals surface area contributed by atoms with Crippen LogP contribution in [0.25, 0.3) is 0 Å². The Balaban J connectivity index is 2.74. The van der Waals surface area contributed by atoms with Crippen molar-refractivity contribution in [1.29, 1.82) is 0 Å². The summed E-state index contributed by atoms with van der Waals surface area (Å²) in [7, 11) is 0. The zero-order chi connectivity index (χ0) is 10.6. The third kappa shape index (κ3) is 2.96. The Morgan fingerprint density at radius 3 is 3.00 bits per heavy atom. The molecule has 0 aliphatic carbocycles. The molecule has 1 aromatic rings. The van der Waals surface area contributed by atoms with Crippen LogP contribution in [0.2, 0.25) is 0 Å². The first-order chi connectivity index (χ1) is 6.63. The molecule has 0 aromatic carbocycles. The van der Waals surface area contributed by atoms with Gasteiger partial charge in [0.25, 0.3) is 0 Å². The van der Waals surface area contributed by atoms with Crippen LogP contribution in [0.5, 0.6) is 0 Å². The average molecular weight is 256 g/mol. The van der Waals surface area contributed by atoms with E-state index in [1.807, 2.05) is 0 Å². The summed E-state index contributed by atoms with van der Waals surface area (Å²) in [5.41, 5.74) is 0.424. The molecule has 0 saturated heterocycles. The zero-order valence-electron chi connectivity index (χ0n) is 7.74. The lowest BCUT2D eigenvalue weighted by Crippen LogP contribution is -2.12. The highest BCUT2D eigenvalue weighted by atomic mass is 79.9. The summed E-state index contributed by atoms with van der Waals surface area (Å²) in [5, 5.41) is 0. The largest absolute Gasteiger partial charge is 0.455 e. The molecule has 14 heavy (non-hydrogen) atoms. The summed E-state index contributed by atoms with van der Waals surface area (Å²) >= 11 is 3.22. The first kappa shape index (κ1) is 10.9. The molecule has 1 rings (SSSR count). The molecule has 0 aliphatic heterocycles. The van der Waals surface area contributed by atoms with Crippen LogP contribution in [-0.2, 0) is 4.74 Å². The molecule has 1 aromatic heterocycles. The highest BCUT2D eigenvalue weighted by molar-refractivity contribution is 9.10. The van der Waals surface area contributed by atoms with Crippen LogP contribution in [0.1, 0.15) is 17.3 Å². The zero-order valence-corrected chi connectivity index (χ0v) is 9.32. The minimum absolute atomic E-state index is 0.290. The van der Waals surface area contributed by atoms with Gasteiger partial charge in [-0.2, -0.15) is 0 Å². The lowest BCUT2D eigenvalue weighted by molar-refractivity contribution is 0.0424. The molecule has 3 nitrogen and oxygen atoms in total. The number of nitrogens with zero attached hydrogens (tertiary/aromatic N) is 1. The fourth-order valence-electron chi connectivity index (χ4n) is 0.808. The van der Waals surface area contributed by atoms with Crippen molar-refractivity contribution >= 4 is 21.9 Å². The highest BCUT2D eigenvalue weighted by Crippen LogP contribution is 2.11. The van der Waals surface area contributed by atoms with E-state index >= 15 is 0 Å². The maximum Gasteiger partial charge on any atom is 0.340 e. The third-order valence-corrected chi connectivity index (χ3v) is 2.00. The summed E-state index contributed by atoms with van der Waals surface area (Å²) in [6.45, 7) is 5.27. The van der Waals surface area contributed by atoms with Gasteiger partial charge in [0, 0.05) is 16.9 Å². The number of rotatable bonds is 3. The third-order valence-electron chi connectivity index (χ3n) is 1.57. The second-order valence-electron chi connectivity index (χ2n) is 2.74. The summed E-state index contributed by atoms with van der Waals surface area (Å²) < 4.78 is 5.77. The number of halogens is 1. The average Bonchev–Trinajstić information content (AvgIpc) is 2.17. The summed E-state index contributed by atoms with van der Waals surface area (Å²) in [6, 6.07) is 1.66. The SMILES string of the molecule is C=C[C@@H](C)OC(=O)c1cncc(Br)c1. The van der Waals surface area contributed by atoms with Crippen LogP contribution in [0, 0.1) is 0 Å². The molecule has 0 amide bonds. The molecule has 4 heteroatoms. The maximum atomic E-state index is 11.4. The predicted molar refractivity (Wildman–Crippen MR) is 57.0 cm³/mol. The van der Waals surface area contributed by atoms with E-state index in [2.05, 4.69) is 27.5 Å². The quantitative estimate of drug-likeness (QED) is 0.616. The van der Waals surface area contributed by atoms with Gasteiger partial charge in [-0.25, -0.2) is 4.79 Å². The lowest BCUT2D eigenvalue weighted by atomic mass is 10.3. The van der Waals surface area contributed by atoms with Gasteiger partial charge in [0.2, 0.25) is 0 Å².